The minimum absolute atomic E-state index is 0.0387. The SMILES string of the molecule is CCOc1ccc(C[NH+](C)CC(=O)NCC(=O)Nc2c(C)cccc2C)cc1. The van der Waals surface area contributed by atoms with E-state index in [1.807, 2.05) is 70.3 Å². The fraction of sp³-hybridized carbons (Fsp3) is 0.364. The van der Waals surface area contributed by atoms with Crippen molar-refractivity contribution < 1.29 is 19.2 Å². The van der Waals surface area contributed by atoms with E-state index in [4.69, 9.17) is 4.74 Å². The van der Waals surface area contributed by atoms with Gasteiger partial charge in [0, 0.05) is 11.3 Å². The number of hydrogen-bond donors (Lipinski definition) is 3. The average molecular weight is 385 g/mol. The van der Waals surface area contributed by atoms with Gasteiger partial charge in [-0.1, -0.05) is 18.2 Å². The lowest BCUT2D eigenvalue weighted by molar-refractivity contribution is -0.885. The van der Waals surface area contributed by atoms with Crippen molar-refractivity contribution >= 4 is 17.5 Å². The van der Waals surface area contributed by atoms with E-state index in [2.05, 4.69) is 10.6 Å². The molecule has 2 aromatic rings. The molecule has 0 heterocycles. The molecule has 2 aromatic carbocycles. The van der Waals surface area contributed by atoms with Crippen LogP contribution in [-0.4, -0.2) is 38.6 Å². The molecule has 0 fully saturated rings. The number of para-hydroxylation sites is 1. The molecule has 28 heavy (non-hydrogen) atoms. The molecule has 6 nitrogen and oxygen atoms in total. The molecule has 0 aliphatic rings. The summed E-state index contributed by atoms with van der Waals surface area (Å²) in [7, 11) is 1.95. The first-order valence-corrected chi connectivity index (χ1v) is 9.54. The summed E-state index contributed by atoms with van der Waals surface area (Å²) in [5, 5.41) is 5.56. The standard InChI is InChI=1S/C22H29N3O3/c1-5-28-19-11-9-18(10-12-19)14-25(4)15-21(27)23-13-20(26)24-22-16(2)7-6-8-17(22)3/h6-12H,5,13-15H2,1-4H3,(H,23,27)(H,24,26)/p+1. The second-order valence-corrected chi connectivity index (χ2v) is 6.98. The predicted octanol–water partition coefficient (Wildman–Crippen LogP) is 1.47. The quantitative estimate of drug-likeness (QED) is 0.613. The van der Waals surface area contributed by atoms with Gasteiger partial charge in [-0.2, -0.15) is 0 Å². The van der Waals surface area contributed by atoms with Crippen LogP contribution in [0.15, 0.2) is 42.5 Å². The number of carbonyl (C=O) groups excluding carboxylic acids is 2. The highest BCUT2D eigenvalue weighted by molar-refractivity contribution is 5.95. The summed E-state index contributed by atoms with van der Waals surface area (Å²) in [5.41, 5.74) is 3.93. The zero-order valence-electron chi connectivity index (χ0n) is 17.1. The van der Waals surface area contributed by atoms with Gasteiger partial charge in [0.2, 0.25) is 5.91 Å². The monoisotopic (exact) mass is 384 g/mol. The van der Waals surface area contributed by atoms with E-state index in [1.54, 1.807) is 0 Å². The Kier molecular flexibility index (Phi) is 8.02. The Morgan fingerprint density at radius 2 is 1.64 bits per heavy atom. The molecule has 0 bridgehead atoms. The molecule has 0 spiro atoms. The highest BCUT2D eigenvalue weighted by Crippen LogP contribution is 2.18. The normalized spacial score (nSPS) is 11.6. The fourth-order valence-corrected chi connectivity index (χ4v) is 2.99. The lowest BCUT2D eigenvalue weighted by atomic mass is 10.1. The Labute approximate surface area is 166 Å². The highest BCUT2D eigenvalue weighted by Gasteiger charge is 2.13. The number of likely N-dealkylation sites (N-methyl/N-ethyl adjacent to an activating group) is 1. The highest BCUT2D eigenvalue weighted by atomic mass is 16.5. The molecular formula is C22H30N3O3+. The second-order valence-electron chi connectivity index (χ2n) is 6.98. The molecule has 0 saturated carbocycles. The van der Waals surface area contributed by atoms with Crippen molar-refractivity contribution in [3.05, 3.63) is 59.2 Å². The minimum Gasteiger partial charge on any atom is -0.494 e. The van der Waals surface area contributed by atoms with Crippen molar-refractivity contribution in [2.24, 2.45) is 0 Å². The van der Waals surface area contributed by atoms with Gasteiger partial charge in [0.15, 0.2) is 6.54 Å². The maximum absolute atomic E-state index is 12.1. The van der Waals surface area contributed by atoms with E-state index in [1.165, 1.54) is 0 Å². The van der Waals surface area contributed by atoms with Crippen LogP contribution in [0.2, 0.25) is 0 Å². The number of hydrogen-bond acceptors (Lipinski definition) is 3. The first kappa shape index (κ1) is 21.4. The van der Waals surface area contributed by atoms with Crippen molar-refractivity contribution in [3.8, 4) is 5.75 Å². The van der Waals surface area contributed by atoms with Crippen LogP contribution in [-0.2, 0) is 16.1 Å². The average Bonchev–Trinajstić information content (AvgIpc) is 2.65. The van der Waals surface area contributed by atoms with Crippen LogP contribution >= 0.6 is 0 Å². The lowest BCUT2D eigenvalue weighted by Gasteiger charge is -2.15. The number of anilines is 1. The molecule has 1 atom stereocenters. The molecule has 1 unspecified atom stereocenters. The number of nitrogens with one attached hydrogen (secondary N) is 3. The third kappa shape index (κ3) is 6.70. The molecule has 0 aliphatic carbocycles. The van der Waals surface area contributed by atoms with Gasteiger partial charge in [-0.3, -0.25) is 9.59 Å². The summed E-state index contributed by atoms with van der Waals surface area (Å²) in [6, 6.07) is 13.7. The molecular weight excluding hydrogens is 354 g/mol. The Bertz CT molecular complexity index is 783. The summed E-state index contributed by atoms with van der Waals surface area (Å²) >= 11 is 0. The fourth-order valence-electron chi connectivity index (χ4n) is 2.99. The number of ether oxygens (including phenoxy) is 1. The van der Waals surface area contributed by atoms with Crippen LogP contribution in [0.5, 0.6) is 5.75 Å². The van der Waals surface area contributed by atoms with E-state index >= 15 is 0 Å². The molecule has 0 saturated heterocycles. The predicted molar refractivity (Wildman–Crippen MR) is 111 cm³/mol. The number of amides is 2. The summed E-state index contributed by atoms with van der Waals surface area (Å²) in [5.74, 6) is 0.464. The van der Waals surface area contributed by atoms with Crippen LogP contribution in [0.4, 0.5) is 5.69 Å². The van der Waals surface area contributed by atoms with Crippen LogP contribution in [0.3, 0.4) is 0 Å². The number of rotatable bonds is 9. The minimum atomic E-state index is -0.227. The molecule has 0 aromatic heterocycles. The Morgan fingerprint density at radius 3 is 2.25 bits per heavy atom. The van der Waals surface area contributed by atoms with E-state index in [0.717, 1.165) is 33.0 Å². The van der Waals surface area contributed by atoms with Crippen LogP contribution < -0.4 is 20.3 Å². The second kappa shape index (κ2) is 10.5. The van der Waals surface area contributed by atoms with E-state index in [-0.39, 0.29) is 18.4 Å². The third-order valence-electron chi connectivity index (χ3n) is 4.39. The van der Waals surface area contributed by atoms with Crippen molar-refractivity contribution in [2.45, 2.75) is 27.3 Å². The molecule has 2 amide bonds. The first-order valence-electron chi connectivity index (χ1n) is 9.54. The summed E-state index contributed by atoms with van der Waals surface area (Å²) in [6.07, 6.45) is 0. The van der Waals surface area contributed by atoms with Gasteiger partial charge in [0.25, 0.3) is 5.91 Å². The van der Waals surface area contributed by atoms with Crippen LogP contribution in [0.25, 0.3) is 0 Å². The topological polar surface area (TPSA) is 71.9 Å². The van der Waals surface area contributed by atoms with Crippen molar-refractivity contribution in [2.75, 3.05) is 32.1 Å². The van der Waals surface area contributed by atoms with Gasteiger partial charge in [-0.25, -0.2) is 0 Å². The Hall–Kier alpha value is -2.86. The molecule has 2 rings (SSSR count). The Balaban J connectivity index is 1.76. The third-order valence-corrected chi connectivity index (χ3v) is 4.39. The van der Waals surface area contributed by atoms with E-state index in [9.17, 15) is 9.59 Å². The number of carbonyl (C=O) groups is 2. The van der Waals surface area contributed by atoms with Crippen molar-refractivity contribution in [3.63, 3.8) is 0 Å². The van der Waals surface area contributed by atoms with Crippen LogP contribution in [0.1, 0.15) is 23.6 Å². The molecule has 3 N–H and O–H groups in total. The van der Waals surface area contributed by atoms with E-state index < -0.39 is 0 Å². The molecule has 0 radical (unpaired) electrons. The Morgan fingerprint density at radius 1 is 1.00 bits per heavy atom. The summed E-state index contributed by atoms with van der Waals surface area (Å²) in [6.45, 7) is 7.46. The van der Waals surface area contributed by atoms with E-state index in [0.29, 0.717) is 19.7 Å². The first-order chi connectivity index (χ1) is 13.4. The zero-order chi connectivity index (χ0) is 20.5. The van der Waals surface area contributed by atoms with Gasteiger partial charge in [-0.05, 0) is 56.2 Å². The number of benzene rings is 2. The van der Waals surface area contributed by atoms with Gasteiger partial charge >= 0.3 is 0 Å². The van der Waals surface area contributed by atoms with Gasteiger partial charge in [0.05, 0.1) is 20.2 Å². The van der Waals surface area contributed by atoms with Gasteiger partial charge < -0.3 is 20.3 Å². The van der Waals surface area contributed by atoms with Crippen LogP contribution in [0, 0.1) is 13.8 Å². The molecule has 0 aliphatic heterocycles. The maximum Gasteiger partial charge on any atom is 0.275 e. The maximum atomic E-state index is 12.1. The number of aryl methyl sites for hydroxylation is 2. The van der Waals surface area contributed by atoms with Crippen molar-refractivity contribution in [1.29, 1.82) is 0 Å². The summed E-state index contributed by atoms with van der Waals surface area (Å²) in [4.78, 5) is 25.3. The molecule has 150 valence electrons. The summed E-state index contributed by atoms with van der Waals surface area (Å²) < 4.78 is 5.43. The smallest absolute Gasteiger partial charge is 0.275 e. The zero-order valence-corrected chi connectivity index (χ0v) is 17.1. The molecule has 6 heteroatoms. The lowest BCUT2D eigenvalue weighted by Crippen LogP contribution is -3.08. The van der Waals surface area contributed by atoms with Gasteiger partial charge in [-0.15, -0.1) is 0 Å². The van der Waals surface area contributed by atoms with Gasteiger partial charge in [0.1, 0.15) is 12.3 Å². The largest absolute Gasteiger partial charge is 0.494 e. The number of quaternary nitrogens is 1. The van der Waals surface area contributed by atoms with Crippen molar-refractivity contribution in [1.82, 2.24) is 5.32 Å².